The maximum Gasteiger partial charge on any atom is 0.338 e. The van der Waals surface area contributed by atoms with E-state index in [1.807, 2.05) is 30.3 Å². The molecule has 1 amide bonds. The average molecular weight is 384 g/mol. The first-order valence-corrected chi connectivity index (χ1v) is 9.04. The summed E-state index contributed by atoms with van der Waals surface area (Å²) in [5, 5.41) is 13.9. The third-order valence-electron chi connectivity index (χ3n) is 4.22. The molecule has 0 aliphatic heterocycles. The number of rotatable bonds is 8. The monoisotopic (exact) mass is 384 g/mol. The lowest BCUT2D eigenvalue weighted by Crippen LogP contribution is -2.33. The Morgan fingerprint density at radius 3 is 2.43 bits per heavy atom. The summed E-state index contributed by atoms with van der Waals surface area (Å²) >= 11 is 0. The van der Waals surface area contributed by atoms with Crippen LogP contribution in [0, 0.1) is 23.0 Å². The van der Waals surface area contributed by atoms with Gasteiger partial charge in [-0.05, 0) is 30.9 Å². The molecule has 28 heavy (non-hydrogen) atoms. The van der Waals surface area contributed by atoms with E-state index in [9.17, 15) is 19.7 Å². The van der Waals surface area contributed by atoms with Crippen molar-refractivity contribution < 1.29 is 19.2 Å². The molecule has 2 rings (SSSR count). The van der Waals surface area contributed by atoms with Crippen molar-refractivity contribution in [2.75, 3.05) is 6.61 Å². The number of nitrogens with one attached hydrogen (secondary N) is 1. The van der Waals surface area contributed by atoms with Crippen molar-refractivity contribution in [2.24, 2.45) is 5.92 Å². The number of carbonyl (C=O) groups excluding carboxylic acids is 2. The Labute approximate surface area is 163 Å². The van der Waals surface area contributed by atoms with Crippen LogP contribution < -0.4 is 5.32 Å². The molecule has 2 aromatic rings. The predicted octanol–water partition coefficient (Wildman–Crippen LogP) is 3.96. The highest BCUT2D eigenvalue weighted by molar-refractivity contribution is 5.92. The minimum Gasteiger partial charge on any atom is -0.452 e. The number of hydrogen-bond acceptors (Lipinski definition) is 5. The minimum absolute atomic E-state index is 0.0342. The summed E-state index contributed by atoms with van der Waals surface area (Å²) in [6.07, 6.45) is 0.744. The number of nitro benzene ring substituents is 1. The Hall–Kier alpha value is -3.22. The van der Waals surface area contributed by atoms with E-state index in [1.165, 1.54) is 12.1 Å². The van der Waals surface area contributed by atoms with Gasteiger partial charge in [-0.1, -0.05) is 50.2 Å². The third kappa shape index (κ3) is 5.90. The lowest BCUT2D eigenvalue weighted by molar-refractivity contribution is -0.385. The number of hydrogen-bond donors (Lipinski definition) is 1. The van der Waals surface area contributed by atoms with Crippen LogP contribution in [0.4, 0.5) is 5.69 Å². The van der Waals surface area contributed by atoms with Crippen LogP contribution in [0.15, 0.2) is 48.5 Å². The maximum atomic E-state index is 12.3. The Bertz CT molecular complexity index is 849. The van der Waals surface area contributed by atoms with Gasteiger partial charge in [-0.25, -0.2) is 4.79 Å². The molecule has 0 unspecified atom stereocenters. The molecule has 0 spiro atoms. The summed E-state index contributed by atoms with van der Waals surface area (Å²) in [6, 6.07) is 13.5. The van der Waals surface area contributed by atoms with Crippen molar-refractivity contribution in [1.29, 1.82) is 0 Å². The molecule has 0 bridgehead atoms. The molecule has 0 radical (unpaired) electrons. The molecule has 2 aromatic carbocycles. The Balaban J connectivity index is 1.99. The highest BCUT2D eigenvalue weighted by Crippen LogP contribution is 2.21. The zero-order valence-corrected chi connectivity index (χ0v) is 16.2. The Morgan fingerprint density at radius 2 is 1.82 bits per heavy atom. The van der Waals surface area contributed by atoms with Crippen LogP contribution in [-0.4, -0.2) is 23.4 Å². The van der Waals surface area contributed by atoms with Crippen LogP contribution in [0.5, 0.6) is 0 Å². The summed E-state index contributed by atoms with van der Waals surface area (Å²) in [5.74, 6) is -0.844. The van der Waals surface area contributed by atoms with Gasteiger partial charge in [0.1, 0.15) is 0 Å². The lowest BCUT2D eigenvalue weighted by atomic mass is 9.97. The fraction of sp³-hybridized carbons (Fsp3) is 0.333. The molecular weight excluding hydrogens is 360 g/mol. The second kappa shape index (κ2) is 9.64. The van der Waals surface area contributed by atoms with Crippen molar-refractivity contribution in [2.45, 2.75) is 33.2 Å². The number of benzene rings is 2. The normalized spacial score (nSPS) is 11.7. The first-order valence-electron chi connectivity index (χ1n) is 9.04. The van der Waals surface area contributed by atoms with Gasteiger partial charge in [-0.3, -0.25) is 14.9 Å². The highest BCUT2D eigenvalue weighted by Gasteiger charge is 2.19. The van der Waals surface area contributed by atoms with Gasteiger partial charge < -0.3 is 10.1 Å². The summed E-state index contributed by atoms with van der Waals surface area (Å²) in [4.78, 5) is 34.9. The molecule has 0 saturated carbocycles. The van der Waals surface area contributed by atoms with Gasteiger partial charge >= 0.3 is 5.97 Å². The number of carbonyl (C=O) groups is 2. The number of nitrogens with zero attached hydrogens (tertiary/aromatic N) is 1. The van der Waals surface area contributed by atoms with E-state index in [1.54, 1.807) is 6.92 Å². The third-order valence-corrected chi connectivity index (χ3v) is 4.22. The molecule has 0 heterocycles. The van der Waals surface area contributed by atoms with Gasteiger partial charge in [0.25, 0.3) is 11.6 Å². The minimum atomic E-state index is -0.779. The van der Waals surface area contributed by atoms with Gasteiger partial charge in [0.15, 0.2) is 6.61 Å². The van der Waals surface area contributed by atoms with E-state index < -0.39 is 23.4 Å². The SMILES string of the molecule is Cc1ccc(C(=O)OCC(=O)N[C@H](CC(C)C)c2ccccc2)cc1[N+](=O)[O-]. The van der Waals surface area contributed by atoms with Crippen molar-refractivity contribution >= 4 is 17.6 Å². The van der Waals surface area contributed by atoms with E-state index >= 15 is 0 Å². The van der Waals surface area contributed by atoms with Crippen molar-refractivity contribution in [3.63, 3.8) is 0 Å². The van der Waals surface area contributed by atoms with E-state index in [0.29, 0.717) is 11.5 Å². The molecule has 148 valence electrons. The zero-order chi connectivity index (χ0) is 20.7. The fourth-order valence-corrected chi connectivity index (χ4v) is 2.82. The molecule has 7 nitrogen and oxygen atoms in total. The molecule has 0 saturated heterocycles. The van der Waals surface area contributed by atoms with Crippen LogP contribution in [0.3, 0.4) is 0 Å². The molecular formula is C21H24N2O5. The highest BCUT2D eigenvalue weighted by atomic mass is 16.6. The van der Waals surface area contributed by atoms with E-state index in [-0.39, 0.29) is 17.3 Å². The van der Waals surface area contributed by atoms with Gasteiger partial charge in [0.2, 0.25) is 0 Å². The van der Waals surface area contributed by atoms with Gasteiger partial charge in [0.05, 0.1) is 16.5 Å². The number of nitro groups is 1. The number of aryl methyl sites for hydroxylation is 1. The lowest BCUT2D eigenvalue weighted by Gasteiger charge is -2.21. The van der Waals surface area contributed by atoms with E-state index in [2.05, 4.69) is 19.2 Å². The maximum absolute atomic E-state index is 12.3. The molecule has 1 atom stereocenters. The van der Waals surface area contributed by atoms with Gasteiger partial charge in [0, 0.05) is 11.6 Å². The largest absolute Gasteiger partial charge is 0.452 e. The van der Waals surface area contributed by atoms with Crippen LogP contribution in [0.25, 0.3) is 0 Å². The zero-order valence-electron chi connectivity index (χ0n) is 16.2. The van der Waals surface area contributed by atoms with Crippen molar-refractivity contribution in [1.82, 2.24) is 5.32 Å². The quantitative estimate of drug-likeness (QED) is 0.422. The summed E-state index contributed by atoms with van der Waals surface area (Å²) in [7, 11) is 0. The molecule has 0 fully saturated rings. The van der Waals surface area contributed by atoms with Crippen LogP contribution >= 0.6 is 0 Å². The summed E-state index contributed by atoms with van der Waals surface area (Å²) < 4.78 is 5.03. The Morgan fingerprint density at radius 1 is 1.14 bits per heavy atom. The molecule has 0 aliphatic carbocycles. The fourth-order valence-electron chi connectivity index (χ4n) is 2.82. The molecule has 0 aromatic heterocycles. The number of esters is 1. The van der Waals surface area contributed by atoms with Crippen LogP contribution in [0.1, 0.15) is 47.8 Å². The molecule has 1 N–H and O–H groups in total. The molecule has 0 aliphatic rings. The second-order valence-corrected chi connectivity index (χ2v) is 6.99. The van der Waals surface area contributed by atoms with E-state index in [4.69, 9.17) is 4.74 Å². The summed E-state index contributed by atoms with van der Waals surface area (Å²) in [5.41, 5.74) is 1.29. The number of ether oxygens (including phenoxy) is 1. The summed E-state index contributed by atoms with van der Waals surface area (Å²) in [6.45, 7) is 5.25. The van der Waals surface area contributed by atoms with Crippen molar-refractivity contribution in [3.05, 3.63) is 75.3 Å². The first kappa shape index (κ1) is 21.1. The van der Waals surface area contributed by atoms with Gasteiger partial charge in [-0.2, -0.15) is 0 Å². The Kier molecular flexibility index (Phi) is 7.26. The smallest absolute Gasteiger partial charge is 0.338 e. The standard InChI is InChI=1S/C21H24N2O5/c1-14(2)11-18(16-7-5-4-6-8-16)22-20(24)13-28-21(25)17-10-9-15(3)19(12-17)23(26)27/h4-10,12,14,18H,11,13H2,1-3H3,(H,22,24)/t18-/m1/s1. The topological polar surface area (TPSA) is 98.5 Å². The van der Waals surface area contributed by atoms with Crippen molar-refractivity contribution in [3.8, 4) is 0 Å². The average Bonchev–Trinajstić information content (AvgIpc) is 2.66. The molecule has 7 heteroatoms. The predicted molar refractivity (Wildman–Crippen MR) is 105 cm³/mol. The second-order valence-electron chi connectivity index (χ2n) is 6.99. The van der Waals surface area contributed by atoms with E-state index in [0.717, 1.165) is 18.1 Å². The number of amides is 1. The van der Waals surface area contributed by atoms with Crippen LogP contribution in [0.2, 0.25) is 0 Å². The van der Waals surface area contributed by atoms with Crippen LogP contribution in [-0.2, 0) is 9.53 Å². The van der Waals surface area contributed by atoms with Gasteiger partial charge in [-0.15, -0.1) is 0 Å². The first-order chi connectivity index (χ1) is 13.3.